The van der Waals surface area contributed by atoms with E-state index in [-0.39, 0.29) is 0 Å². The zero-order chi connectivity index (χ0) is 20.6. The predicted molar refractivity (Wildman–Crippen MR) is 103 cm³/mol. The molecule has 0 aromatic carbocycles. The molecule has 1 aliphatic heterocycles. The Labute approximate surface area is 170 Å². The number of nitrogens with zero attached hydrogens (tertiary/aromatic N) is 6. The van der Waals surface area contributed by atoms with Crippen molar-refractivity contribution < 1.29 is 17.6 Å². The summed E-state index contributed by atoms with van der Waals surface area (Å²) < 4.78 is 47.6. The van der Waals surface area contributed by atoms with Gasteiger partial charge in [0.25, 0.3) is 0 Å². The minimum absolute atomic E-state index is 0.529. The molecule has 3 aromatic heterocycles. The van der Waals surface area contributed by atoms with Crippen molar-refractivity contribution in [3.63, 3.8) is 0 Å². The third-order valence-electron chi connectivity index (χ3n) is 4.89. The minimum Gasteiger partial charge on any atom is -0.461 e. The Hall–Kier alpha value is -2.66. The fourth-order valence-corrected chi connectivity index (χ4v) is 3.43. The van der Waals surface area contributed by atoms with Crippen LogP contribution in [0.2, 0.25) is 0 Å². The van der Waals surface area contributed by atoms with Crippen LogP contribution in [-0.2, 0) is 19.9 Å². The Morgan fingerprint density at radius 1 is 1.14 bits per heavy atom. The maximum absolute atomic E-state index is 12.7. The molecule has 0 unspecified atom stereocenters. The summed E-state index contributed by atoms with van der Waals surface area (Å²) in [7, 11) is 1.85. The molecule has 154 valence electrons. The first kappa shape index (κ1) is 19.6. The maximum Gasteiger partial charge on any atom is 0.417 e. The molecule has 0 aliphatic carbocycles. The highest BCUT2D eigenvalue weighted by atomic mass is 32.1. The molecule has 0 spiro atoms. The van der Waals surface area contributed by atoms with Crippen LogP contribution in [0.5, 0.6) is 0 Å². The number of halogens is 3. The summed E-state index contributed by atoms with van der Waals surface area (Å²) in [5.41, 5.74) is -0.739. The predicted octanol–water partition coefficient (Wildman–Crippen LogP) is 3.40. The smallest absolute Gasteiger partial charge is 0.417 e. The molecular weight excluding hydrogens is 405 g/mol. The average Bonchev–Trinajstić information content (AvgIpc) is 3.32. The molecule has 4 rings (SSSR count). The first-order valence-electron chi connectivity index (χ1n) is 9.01. The number of pyridine rings is 1. The summed E-state index contributed by atoms with van der Waals surface area (Å²) in [6, 6.07) is 6.12. The molecule has 29 heavy (non-hydrogen) atoms. The van der Waals surface area contributed by atoms with Crippen LogP contribution in [0.1, 0.15) is 5.56 Å². The molecule has 0 bridgehead atoms. The van der Waals surface area contributed by atoms with Crippen molar-refractivity contribution >= 4 is 18.0 Å². The van der Waals surface area contributed by atoms with E-state index in [2.05, 4.69) is 15.0 Å². The Morgan fingerprint density at radius 2 is 1.90 bits per heavy atom. The van der Waals surface area contributed by atoms with Gasteiger partial charge in [-0.25, -0.2) is 9.67 Å². The first-order chi connectivity index (χ1) is 13.8. The minimum atomic E-state index is -4.37. The highest BCUT2D eigenvalue weighted by Gasteiger charge is 2.31. The average molecular weight is 424 g/mol. The number of anilines is 1. The maximum atomic E-state index is 12.7. The molecule has 3 aromatic rings. The van der Waals surface area contributed by atoms with Gasteiger partial charge >= 0.3 is 6.18 Å². The van der Waals surface area contributed by atoms with Gasteiger partial charge in [-0.1, -0.05) is 0 Å². The molecule has 0 amide bonds. The number of rotatable bonds is 4. The third kappa shape index (κ3) is 4.06. The normalized spacial score (nSPS) is 15.8. The lowest BCUT2D eigenvalue weighted by molar-refractivity contribution is -0.137. The molecular formula is C18H19F3N6OS. The van der Waals surface area contributed by atoms with Gasteiger partial charge in [-0.05, 0) is 36.5 Å². The number of aromatic nitrogens is 4. The number of furan rings is 1. The lowest BCUT2D eigenvalue weighted by atomic mass is 10.2. The van der Waals surface area contributed by atoms with E-state index in [0.29, 0.717) is 41.9 Å². The SMILES string of the molecule is Cn1c(-c2ccco2)nn(CN2CCN(c3ccc(C(F)(F)F)cn3)CC2)c1=S. The number of piperazine rings is 1. The Balaban J connectivity index is 1.39. The molecule has 0 atom stereocenters. The van der Waals surface area contributed by atoms with Crippen molar-refractivity contribution in [3.8, 4) is 11.6 Å². The van der Waals surface area contributed by atoms with Gasteiger partial charge in [0.2, 0.25) is 0 Å². The molecule has 1 saturated heterocycles. The van der Waals surface area contributed by atoms with E-state index >= 15 is 0 Å². The summed E-state index contributed by atoms with van der Waals surface area (Å²) in [5, 5.41) is 4.56. The first-order valence-corrected chi connectivity index (χ1v) is 9.42. The summed E-state index contributed by atoms with van der Waals surface area (Å²) in [6.45, 7) is 3.28. The van der Waals surface area contributed by atoms with E-state index < -0.39 is 11.7 Å². The van der Waals surface area contributed by atoms with Crippen molar-refractivity contribution in [2.75, 3.05) is 31.1 Å². The summed E-state index contributed by atoms with van der Waals surface area (Å²) >= 11 is 5.48. The van der Waals surface area contributed by atoms with E-state index in [1.165, 1.54) is 6.07 Å². The van der Waals surface area contributed by atoms with Crippen molar-refractivity contribution in [2.24, 2.45) is 7.05 Å². The van der Waals surface area contributed by atoms with Gasteiger partial charge in [-0.3, -0.25) is 4.90 Å². The summed E-state index contributed by atoms with van der Waals surface area (Å²) in [4.78, 5) is 8.14. The lowest BCUT2D eigenvalue weighted by Crippen LogP contribution is -2.47. The van der Waals surface area contributed by atoms with Crippen LogP contribution in [-0.4, -0.2) is 50.4 Å². The van der Waals surface area contributed by atoms with Gasteiger partial charge in [0.05, 0.1) is 18.5 Å². The molecule has 1 aliphatic rings. The highest BCUT2D eigenvalue weighted by Crippen LogP contribution is 2.29. The van der Waals surface area contributed by atoms with Crippen molar-refractivity contribution in [1.29, 1.82) is 0 Å². The largest absolute Gasteiger partial charge is 0.461 e. The molecule has 11 heteroatoms. The van der Waals surface area contributed by atoms with E-state index in [1.54, 1.807) is 21.6 Å². The molecule has 0 N–H and O–H groups in total. The Kier molecular flexibility index (Phi) is 5.17. The molecule has 0 saturated carbocycles. The second-order valence-electron chi connectivity index (χ2n) is 6.79. The van der Waals surface area contributed by atoms with Crippen molar-refractivity contribution in [3.05, 3.63) is 47.1 Å². The van der Waals surface area contributed by atoms with Gasteiger partial charge in [0.1, 0.15) is 5.82 Å². The van der Waals surface area contributed by atoms with Gasteiger partial charge in [0, 0.05) is 39.4 Å². The third-order valence-corrected chi connectivity index (χ3v) is 5.37. The number of alkyl halides is 3. The lowest BCUT2D eigenvalue weighted by Gasteiger charge is -2.35. The van der Waals surface area contributed by atoms with E-state index in [0.717, 1.165) is 25.4 Å². The number of hydrogen-bond acceptors (Lipinski definition) is 6. The molecule has 1 fully saturated rings. The summed E-state index contributed by atoms with van der Waals surface area (Å²) in [5.74, 6) is 1.86. The van der Waals surface area contributed by atoms with Gasteiger partial charge in [0.15, 0.2) is 16.4 Å². The van der Waals surface area contributed by atoms with E-state index in [9.17, 15) is 13.2 Å². The van der Waals surface area contributed by atoms with Crippen LogP contribution in [0.15, 0.2) is 41.1 Å². The van der Waals surface area contributed by atoms with Crippen LogP contribution in [0, 0.1) is 4.77 Å². The van der Waals surface area contributed by atoms with E-state index in [1.807, 2.05) is 18.0 Å². The van der Waals surface area contributed by atoms with Crippen LogP contribution >= 0.6 is 12.2 Å². The zero-order valence-electron chi connectivity index (χ0n) is 15.6. The molecule has 4 heterocycles. The van der Waals surface area contributed by atoms with Gasteiger partial charge in [-0.2, -0.15) is 13.2 Å². The molecule has 0 radical (unpaired) electrons. The standard InChI is InChI=1S/C18H19F3N6OS/c1-24-16(14-3-2-10-28-14)23-27(17(24)29)12-25-6-8-26(9-7-25)15-5-4-13(11-22-15)18(19,20)21/h2-5,10-11H,6-9,12H2,1H3. The fraction of sp³-hybridized carbons (Fsp3) is 0.389. The summed E-state index contributed by atoms with van der Waals surface area (Å²) in [6.07, 6.45) is -1.91. The van der Waals surface area contributed by atoms with Crippen molar-refractivity contribution in [1.82, 2.24) is 24.2 Å². The Morgan fingerprint density at radius 3 is 2.48 bits per heavy atom. The highest BCUT2D eigenvalue weighted by molar-refractivity contribution is 7.71. The topological polar surface area (TPSA) is 55.3 Å². The van der Waals surface area contributed by atoms with Crippen LogP contribution in [0.4, 0.5) is 19.0 Å². The van der Waals surface area contributed by atoms with Gasteiger partial charge < -0.3 is 13.9 Å². The molecule has 7 nitrogen and oxygen atoms in total. The van der Waals surface area contributed by atoms with Crippen molar-refractivity contribution in [2.45, 2.75) is 12.8 Å². The van der Waals surface area contributed by atoms with Crippen LogP contribution in [0.3, 0.4) is 0 Å². The second kappa shape index (κ2) is 7.64. The number of hydrogen-bond donors (Lipinski definition) is 0. The monoisotopic (exact) mass is 424 g/mol. The zero-order valence-corrected chi connectivity index (χ0v) is 16.4. The Bertz CT molecular complexity index is 1020. The fourth-order valence-electron chi connectivity index (χ4n) is 3.25. The van der Waals surface area contributed by atoms with Gasteiger partial charge in [-0.15, -0.1) is 5.10 Å². The second-order valence-corrected chi connectivity index (χ2v) is 7.16. The quantitative estimate of drug-likeness (QED) is 0.599. The van der Waals surface area contributed by atoms with E-state index in [4.69, 9.17) is 16.6 Å². The van der Waals surface area contributed by atoms with Crippen LogP contribution < -0.4 is 4.90 Å². The van der Waals surface area contributed by atoms with Crippen LogP contribution in [0.25, 0.3) is 11.6 Å².